The topological polar surface area (TPSA) is 49.4 Å². The van der Waals surface area contributed by atoms with Crippen molar-refractivity contribution in [1.82, 2.24) is 10.2 Å². The molecule has 1 aliphatic heterocycles. The van der Waals surface area contributed by atoms with Gasteiger partial charge in [0.05, 0.1) is 0 Å². The molecule has 1 rings (SSSR count). The van der Waals surface area contributed by atoms with Crippen molar-refractivity contribution in [2.24, 2.45) is 5.92 Å². The number of nitrogens with zero attached hydrogens (tertiary/aromatic N) is 1. The lowest BCUT2D eigenvalue weighted by Crippen LogP contribution is -2.33. The van der Waals surface area contributed by atoms with Crippen molar-refractivity contribution in [3.05, 3.63) is 0 Å². The van der Waals surface area contributed by atoms with Gasteiger partial charge >= 0.3 is 0 Å². The predicted molar refractivity (Wildman–Crippen MR) is 72.1 cm³/mol. The van der Waals surface area contributed by atoms with Gasteiger partial charge in [-0.3, -0.25) is 14.5 Å². The van der Waals surface area contributed by atoms with Gasteiger partial charge in [0.15, 0.2) is 0 Å². The fraction of sp³-hybridized carbons (Fsp3) is 0.857. The van der Waals surface area contributed by atoms with E-state index in [2.05, 4.69) is 19.2 Å². The Labute approximate surface area is 110 Å². The minimum Gasteiger partial charge on any atom is -0.314 e. The fourth-order valence-corrected chi connectivity index (χ4v) is 2.38. The molecule has 2 amide bonds. The van der Waals surface area contributed by atoms with Crippen molar-refractivity contribution >= 4 is 11.8 Å². The summed E-state index contributed by atoms with van der Waals surface area (Å²) in [6, 6.07) is 0.509. The van der Waals surface area contributed by atoms with Crippen LogP contribution in [0, 0.1) is 5.92 Å². The Morgan fingerprint density at radius 2 is 2.11 bits per heavy atom. The highest BCUT2D eigenvalue weighted by atomic mass is 16.2. The molecular weight excluding hydrogens is 228 g/mol. The molecular formula is C14H26N2O2. The lowest BCUT2D eigenvalue weighted by molar-refractivity contribution is -0.139. The first-order valence-corrected chi connectivity index (χ1v) is 7.17. The second-order valence-corrected chi connectivity index (χ2v) is 5.19. The summed E-state index contributed by atoms with van der Waals surface area (Å²) in [7, 11) is 0. The van der Waals surface area contributed by atoms with E-state index in [4.69, 9.17) is 0 Å². The normalized spacial score (nSPS) is 21.7. The van der Waals surface area contributed by atoms with Gasteiger partial charge in [0.2, 0.25) is 11.8 Å². The molecule has 4 nitrogen and oxygen atoms in total. The SMILES string of the molecule is CCCNC(CC)CCCN1C(=O)CC(C)C1=O. The number of hydrogen-bond donors (Lipinski definition) is 1. The van der Waals surface area contributed by atoms with Crippen LogP contribution >= 0.6 is 0 Å². The number of carbonyl (C=O) groups excluding carboxylic acids is 2. The Morgan fingerprint density at radius 3 is 2.61 bits per heavy atom. The summed E-state index contributed by atoms with van der Waals surface area (Å²) in [5.74, 6) is -0.102. The smallest absolute Gasteiger partial charge is 0.232 e. The third-order valence-electron chi connectivity index (χ3n) is 3.58. The summed E-state index contributed by atoms with van der Waals surface area (Å²) in [6.07, 6.45) is 4.56. The summed E-state index contributed by atoms with van der Waals surface area (Å²) < 4.78 is 0. The summed E-state index contributed by atoms with van der Waals surface area (Å²) in [5, 5.41) is 3.49. The van der Waals surface area contributed by atoms with Gasteiger partial charge in [-0.15, -0.1) is 0 Å². The van der Waals surface area contributed by atoms with E-state index >= 15 is 0 Å². The average Bonchev–Trinajstić information content (AvgIpc) is 2.59. The predicted octanol–water partition coefficient (Wildman–Crippen LogP) is 1.94. The number of hydrogen-bond acceptors (Lipinski definition) is 3. The zero-order valence-corrected chi connectivity index (χ0v) is 11.9. The van der Waals surface area contributed by atoms with E-state index in [-0.39, 0.29) is 17.7 Å². The van der Waals surface area contributed by atoms with Crippen LogP contribution in [0.4, 0.5) is 0 Å². The van der Waals surface area contributed by atoms with Crippen LogP contribution in [0.3, 0.4) is 0 Å². The lowest BCUT2D eigenvalue weighted by atomic mass is 10.1. The van der Waals surface area contributed by atoms with Crippen molar-refractivity contribution in [3.63, 3.8) is 0 Å². The molecule has 4 heteroatoms. The summed E-state index contributed by atoms with van der Waals surface area (Å²) >= 11 is 0. The number of carbonyl (C=O) groups is 2. The number of rotatable bonds is 8. The maximum Gasteiger partial charge on any atom is 0.232 e. The van der Waals surface area contributed by atoms with Crippen LogP contribution in [-0.4, -0.2) is 35.8 Å². The number of likely N-dealkylation sites (tertiary alicyclic amines) is 1. The molecule has 0 bridgehead atoms. The number of imide groups is 1. The standard InChI is InChI=1S/C14H26N2O2/c1-4-8-15-12(5-2)7-6-9-16-13(17)10-11(3)14(16)18/h11-12,15H,4-10H2,1-3H3. The zero-order chi connectivity index (χ0) is 13.5. The quantitative estimate of drug-likeness (QED) is 0.673. The first-order chi connectivity index (χ1) is 8.60. The Kier molecular flexibility index (Phi) is 6.33. The summed E-state index contributed by atoms with van der Waals surface area (Å²) in [4.78, 5) is 24.8. The fourth-order valence-electron chi connectivity index (χ4n) is 2.38. The van der Waals surface area contributed by atoms with Crippen LogP contribution < -0.4 is 5.32 Å². The van der Waals surface area contributed by atoms with Crippen molar-refractivity contribution in [2.45, 2.75) is 58.9 Å². The van der Waals surface area contributed by atoms with Crippen molar-refractivity contribution < 1.29 is 9.59 Å². The van der Waals surface area contributed by atoms with Gasteiger partial charge < -0.3 is 5.32 Å². The van der Waals surface area contributed by atoms with E-state index in [0.717, 1.165) is 32.2 Å². The van der Waals surface area contributed by atoms with E-state index in [1.807, 2.05) is 6.92 Å². The van der Waals surface area contributed by atoms with Crippen LogP contribution in [0.1, 0.15) is 52.9 Å². The molecule has 0 aromatic heterocycles. The first kappa shape index (κ1) is 15.2. The largest absolute Gasteiger partial charge is 0.314 e. The third-order valence-corrected chi connectivity index (χ3v) is 3.58. The van der Waals surface area contributed by atoms with Crippen LogP contribution in [0.25, 0.3) is 0 Å². The van der Waals surface area contributed by atoms with Crippen molar-refractivity contribution in [1.29, 1.82) is 0 Å². The molecule has 0 saturated carbocycles. The van der Waals surface area contributed by atoms with Gasteiger partial charge in [-0.1, -0.05) is 20.8 Å². The molecule has 1 heterocycles. The molecule has 0 aromatic carbocycles. The molecule has 1 fully saturated rings. The number of nitrogens with one attached hydrogen (secondary N) is 1. The van der Waals surface area contributed by atoms with E-state index in [0.29, 0.717) is 19.0 Å². The maximum atomic E-state index is 11.7. The highest BCUT2D eigenvalue weighted by Crippen LogP contribution is 2.19. The monoisotopic (exact) mass is 254 g/mol. The van der Waals surface area contributed by atoms with Gasteiger partial charge in [-0.05, 0) is 32.2 Å². The second-order valence-electron chi connectivity index (χ2n) is 5.19. The second kappa shape index (κ2) is 7.52. The third kappa shape index (κ3) is 4.09. The highest BCUT2D eigenvalue weighted by Gasteiger charge is 2.34. The minimum atomic E-state index is -0.113. The maximum absolute atomic E-state index is 11.7. The van der Waals surface area contributed by atoms with E-state index < -0.39 is 0 Å². The Bertz CT molecular complexity index is 292. The van der Waals surface area contributed by atoms with Gasteiger partial charge in [0, 0.05) is 24.9 Å². The number of amides is 2. The zero-order valence-electron chi connectivity index (χ0n) is 11.9. The van der Waals surface area contributed by atoms with E-state index in [9.17, 15) is 9.59 Å². The molecule has 0 radical (unpaired) electrons. The highest BCUT2D eigenvalue weighted by molar-refractivity contribution is 6.03. The van der Waals surface area contributed by atoms with Gasteiger partial charge in [-0.2, -0.15) is 0 Å². The van der Waals surface area contributed by atoms with Gasteiger partial charge in [0.1, 0.15) is 0 Å². The Morgan fingerprint density at radius 1 is 1.39 bits per heavy atom. The van der Waals surface area contributed by atoms with Crippen LogP contribution in [0.2, 0.25) is 0 Å². The molecule has 2 atom stereocenters. The van der Waals surface area contributed by atoms with Crippen LogP contribution in [0.5, 0.6) is 0 Å². The van der Waals surface area contributed by atoms with Crippen LogP contribution in [-0.2, 0) is 9.59 Å². The molecule has 0 spiro atoms. The molecule has 0 aromatic rings. The average molecular weight is 254 g/mol. The van der Waals surface area contributed by atoms with Crippen molar-refractivity contribution in [2.75, 3.05) is 13.1 Å². The summed E-state index contributed by atoms with van der Waals surface area (Å²) in [6.45, 7) is 7.78. The minimum absolute atomic E-state index is 0.00191. The van der Waals surface area contributed by atoms with Gasteiger partial charge in [-0.25, -0.2) is 0 Å². The lowest BCUT2D eigenvalue weighted by Gasteiger charge is -2.19. The molecule has 1 aliphatic rings. The molecule has 1 N–H and O–H groups in total. The first-order valence-electron chi connectivity index (χ1n) is 7.17. The molecule has 104 valence electrons. The molecule has 1 saturated heterocycles. The molecule has 2 unspecified atom stereocenters. The van der Waals surface area contributed by atoms with E-state index in [1.54, 1.807) is 0 Å². The van der Waals surface area contributed by atoms with Crippen molar-refractivity contribution in [3.8, 4) is 0 Å². The molecule has 18 heavy (non-hydrogen) atoms. The van der Waals surface area contributed by atoms with Gasteiger partial charge in [0.25, 0.3) is 0 Å². The summed E-state index contributed by atoms with van der Waals surface area (Å²) in [5.41, 5.74) is 0. The Balaban J connectivity index is 2.28. The molecule has 0 aliphatic carbocycles. The van der Waals surface area contributed by atoms with Crippen LogP contribution in [0.15, 0.2) is 0 Å². The van der Waals surface area contributed by atoms with E-state index in [1.165, 1.54) is 4.90 Å². The Hall–Kier alpha value is -0.900.